The summed E-state index contributed by atoms with van der Waals surface area (Å²) in [5.41, 5.74) is 5.13. The van der Waals surface area contributed by atoms with E-state index < -0.39 is 23.4 Å². The van der Waals surface area contributed by atoms with E-state index in [-0.39, 0.29) is 51.7 Å². The lowest BCUT2D eigenvalue weighted by Crippen LogP contribution is -2.24. The molecule has 0 amide bonds. The second-order valence-corrected chi connectivity index (χ2v) is 12.5. The average Bonchev–Trinajstić information content (AvgIpc) is 3.20. The summed E-state index contributed by atoms with van der Waals surface area (Å²) in [7, 11) is 5.57. The molecule has 3 N–H and O–H groups in total. The van der Waals surface area contributed by atoms with Gasteiger partial charge in [-0.25, -0.2) is 9.59 Å². The fourth-order valence-corrected chi connectivity index (χ4v) is 6.05. The van der Waals surface area contributed by atoms with Crippen molar-refractivity contribution in [3.05, 3.63) is 104 Å². The maximum absolute atomic E-state index is 12.6. The molecule has 4 aromatic rings. The van der Waals surface area contributed by atoms with Crippen molar-refractivity contribution in [2.45, 2.75) is 40.0 Å². The molecule has 0 saturated heterocycles. The second kappa shape index (κ2) is 17.2. The van der Waals surface area contributed by atoms with Gasteiger partial charge in [0.05, 0.1) is 12.7 Å². The molecule has 0 radical (unpaired) electrons. The first-order valence-corrected chi connectivity index (χ1v) is 16.1. The Labute approximate surface area is 303 Å². The SMILES string of the molecule is CN(C)CCCN1c2ccccc2CCc2ccc(Cl)cc21.COc1cc(C)c(C(=O)Oc2cc(C)c(O)c(C(=O)O)c2C)c(O)c1C=O.Cl. The summed E-state index contributed by atoms with van der Waals surface area (Å²) in [6, 6.07) is 17.8. The largest absolute Gasteiger partial charge is 0.507 e. The fraction of sp³-hybridized carbons (Fsp3) is 0.289. The molecule has 12 heteroatoms. The van der Waals surface area contributed by atoms with Gasteiger partial charge in [-0.05, 0) is 113 Å². The smallest absolute Gasteiger partial charge is 0.347 e. The van der Waals surface area contributed by atoms with Crippen LogP contribution in [0.1, 0.15) is 65.3 Å². The van der Waals surface area contributed by atoms with E-state index in [2.05, 4.69) is 60.3 Å². The Bertz CT molecular complexity index is 1890. The standard InChI is InChI=1S/C19H23ClN2.C19H18O8.ClH/c1-21(2)12-5-13-22-18-7-4-3-6-15(18)8-9-16-10-11-17(20)14-19(16)22;1-8-5-13(26-4)11(7-20)17(22)14(8)19(25)27-12-6-9(2)16(21)15(10(12)3)18(23)24;/h3-4,6-7,10-11,14H,5,8-9,12-13H2,1-2H3;5-7,21-22H,1-4H3,(H,23,24);1H. The molecule has 0 fully saturated rings. The zero-order valence-corrected chi connectivity index (χ0v) is 30.4. The maximum atomic E-state index is 12.6. The number of hydrogen-bond donors (Lipinski definition) is 3. The minimum Gasteiger partial charge on any atom is -0.507 e. The van der Waals surface area contributed by atoms with Gasteiger partial charge in [-0.15, -0.1) is 12.4 Å². The van der Waals surface area contributed by atoms with E-state index in [4.69, 9.17) is 21.1 Å². The van der Waals surface area contributed by atoms with Crippen LogP contribution in [0.5, 0.6) is 23.0 Å². The molecule has 1 aliphatic heterocycles. The predicted molar refractivity (Wildman–Crippen MR) is 197 cm³/mol. The molecule has 0 unspecified atom stereocenters. The number of benzene rings is 4. The number of para-hydroxylation sites is 1. The van der Waals surface area contributed by atoms with Gasteiger partial charge in [0, 0.05) is 28.5 Å². The van der Waals surface area contributed by atoms with Crippen LogP contribution in [0.4, 0.5) is 11.4 Å². The summed E-state index contributed by atoms with van der Waals surface area (Å²) in [4.78, 5) is 39.9. The van der Waals surface area contributed by atoms with E-state index in [1.54, 1.807) is 0 Å². The number of fused-ring (bicyclic) bond motifs is 2. The lowest BCUT2D eigenvalue weighted by molar-refractivity contribution is 0.0681. The third kappa shape index (κ3) is 8.68. The molecule has 0 saturated carbocycles. The number of ether oxygens (including phenoxy) is 2. The number of aromatic carboxylic acids is 1. The van der Waals surface area contributed by atoms with Gasteiger partial charge >= 0.3 is 11.9 Å². The summed E-state index contributed by atoms with van der Waals surface area (Å²) in [5, 5.41) is 30.3. The van der Waals surface area contributed by atoms with Crippen LogP contribution in [0, 0.1) is 20.8 Å². The Morgan fingerprint density at radius 2 is 1.54 bits per heavy atom. The summed E-state index contributed by atoms with van der Waals surface area (Å²) in [5.74, 6) is -3.38. The monoisotopic (exact) mass is 724 g/mol. The molecule has 0 atom stereocenters. The zero-order valence-electron chi connectivity index (χ0n) is 28.9. The number of aryl methyl sites for hydroxylation is 4. The van der Waals surface area contributed by atoms with Gasteiger partial charge in [0.15, 0.2) is 6.29 Å². The van der Waals surface area contributed by atoms with Crippen LogP contribution in [0.3, 0.4) is 0 Å². The van der Waals surface area contributed by atoms with Crippen LogP contribution in [0.25, 0.3) is 0 Å². The van der Waals surface area contributed by atoms with Gasteiger partial charge in [-0.2, -0.15) is 0 Å². The molecule has 5 rings (SSSR count). The third-order valence-electron chi connectivity index (χ3n) is 8.43. The highest BCUT2D eigenvalue weighted by Crippen LogP contribution is 2.38. The van der Waals surface area contributed by atoms with Crippen LogP contribution < -0.4 is 14.4 Å². The molecule has 10 nitrogen and oxygen atoms in total. The number of methoxy groups -OCH3 is 1. The predicted octanol–water partition coefficient (Wildman–Crippen LogP) is 7.71. The Balaban J connectivity index is 0.000000270. The van der Waals surface area contributed by atoms with E-state index in [0.717, 1.165) is 37.4 Å². The van der Waals surface area contributed by atoms with Crippen LogP contribution in [-0.2, 0) is 12.8 Å². The number of phenols is 2. The van der Waals surface area contributed by atoms with Crippen LogP contribution in [-0.4, -0.2) is 72.7 Å². The van der Waals surface area contributed by atoms with Crippen LogP contribution in [0.2, 0.25) is 5.02 Å². The topological polar surface area (TPSA) is 137 Å². The molecule has 0 spiro atoms. The minimum absolute atomic E-state index is 0. The quantitative estimate of drug-likeness (QED) is 0.0894. The number of esters is 1. The van der Waals surface area contributed by atoms with Crippen molar-refractivity contribution in [3.8, 4) is 23.0 Å². The summed E-state index contributed by atoms with van der Waals surface area (Å²) in [6.07, 6.45) is 3.65. The van der Waals surface area contributed by atoms with Gasteiger partial charge in [0.25, 0.3) is 0 Å². The van der Waals surface area contributed by atoms with Crippen molar-refractivity contribution in [3.63, 3.8) is 0 Å². The Morgan fingerprint density at radius 3 is 2.16 bits per heavy atom. The van der Waals surface area contributed by atoms with Crippen LogP contribution >= 0.6 is 24.0 Å². The number of carbonyl (C=O) groups excluding carboxylic acids is 2. The number of halogens is 2. The van der Waals surface area contributed by atoms with Gasteiger partial charge < -0.3 is 34.6 Å². The lowest BCUT2D eigenvalue weighted by Gasteiger charge is -2.27. The number of anilines is 2. The molecule has 1 aliphatic rings. The Kier molecular flexibility index (Phi) is 13.7. The molecule has 0 aliphatic carbocycles. The lowest BCUT2D eigenvalue weighted by atomic mass is 10.0. The molecule has 50 heavy (non-hydrogen) atoms. The highest BCUT2D eigenvalue weighted by atomic mass is 35.5. The summed E-state index contributed by atoms with van der Waals surface area (Å²) < 4.78 is 10.3. The van der Waals surface area contributed by atoms with E-state index in [9.17, 15) is 29.7 Å². The first-order chi connectivity index (χ1) is 23.3. The van der Waals surface area contributed by atoms with Crippen molar-refractivity contribution < 1.29 is 39.2 Å². The Hall–Kier alpha value is -4.77. The number of phenolic OH excluding ortho intramolecular Hbond substituents is 1. The van der Waals surface area contributed by atoms with E-state index in [1.165, 1.54) is 62.5 Å². The highest BCUT2D eigenvalue weighted by molar-refractivity contribution is 6.30. The molecule has 0 bridgehead atoms. The third-order valence-corrected chi connectivity index (χ3v) is 8.67. The van der Waals surface area contributed by atoms with Crippen molar-refractivity contribution in [2.24, 2.45) is 0 Å². The maximum Gasteiger partial charge on any atom is 0.347 e. The minimum atomic E-state index is -1.38. The second-order valence-electron chi connectivity index (χ2n) is 12.1. The van der Waals surface area contributed by atoms with Crippen molar-refractivity contribution in [1.82, 2.24) is 4.90 Å². The number of hydrogen-bond acceptors (Lipinski definition) is 9. The van der Waals surface area contributed by atoms with E-state index in [0.29, 0.717) is 11.8 Å². The summed E-state index contributed by atoms with van der Waals surface area (Å²) >= 11 is 6.27. The van der Waals surface area contributed by atoms with Crippen molar-refractivity contribution in [2.75, 3.05) is 39.2 Å². The van der Waals surface area contributed by atoms with E-state index in [1.807, 2.05) is 6.07 Å². The van der Waals surface area contributed by atoms with Gasteiger partial charge in [-0.1, -0.05) is 35.9 Å². The van der Waals surface area contributed by atoms with Gasteiger partial charge in [-0.3, -0.25) is 4.79 Å². The first kappa shape index (κ1) is 39.7. The van der Waals surface area contributed by atoms with Gasteiger partial charge in [0.2, 0.25) is 0 Å². The van der Waals surface area contributed by atoms with E-state index >= 15 is 0 Å². The molecule has 1 heterocycles. The van der Waals surface area contributed by atoms with Crippen molar-refractivity contribution >= 4 is 53.6 Å². The summed E-state index contributed by atoms with van der Waals surface area (Å²) in [6.45, 7) is 6.46. The number of rotatable bonds is 9. The Morgan fingerprint density at radius 1 is 0.900 bits per heavy atom. The number of carboxylic acid groups (broad SMARTS) is 1. The van der Waals surface area contributed by atoms with Gasteiger partial charge in [0.1, 0.15) is 34.1 Å². The molecular formula is C38H42Cl2N2O8. The normalized spacial score (nSPS) is 11.6. The fourth-order valence-electron chi connectivity index (χ4n) is 5.89. The molecular weight excluding hydrogens is 683 g/mol. The number of carbonyl (C=O) groups is 3. The number of aromatic hydroxyl groups is 2. The molecule has 266 valence electrons. The number of nitrogens with zero attached hydrogens (tertiary/aromatic N) is 2. The van der Waals surface area contributed by atoms with Crippen molar-refractivity contribution in [1.29, 1.82) is 0 Å². The molecule has 4 aromatic carbocycles. The average molecular weight is 726 g/mol. The first-order valence-electron chi connectivity index (χ1n) is 15.7. The number of carboxylic acids is 1. The highest BCUT2D eigenvalue weighted by Gasteiger charge is 2.26. The molecule has 0 aromatic heterocycles. The number of aldehydes is 1. The zero-order chi connectivity index (χ0) is 36.0. The van der Waals surface area contributed by atoms with Crippen LogP contribution in [0.15, 0.2) is 54.6 Å².